The molecule has 0 radical (unpaired) electrons. The molecule has 2 aromatic rings. The van der Waals surface area contributed by atoms with E-state index in [9.17, 15) is 10.1 Å². The van der Waals surface area contributed by atoms with Gasteiger partial charge in [-0.3, -0.25) is 4.79 Å². The molecule has 2 bridgehead atoms. The van der Waals surface area contributed by atoms with Gasteiger partial charge in [0.1, 0.15) is 23.8 Å². The van der Waals surface area contributed by atoms with E-state index < -0.39 is 0 Å². The molecule has 2 saturated heterocycles. The number of likely N-dealkylation sites (N-methyl/N-ethyl adjacent to an activating group) is 1. The van der Waals surface area contributed by atoms with Crippen LogP contribution in [0.2, 0.25) is 0 Å². The quantitative estimate of drug-likeness (QED) is 0.698. The maximum absolute atomic E-state index is 13.0. The van der Waals surface area contributed by atoms with Crippen LogP contribution < -0.4 is 9.80 Å². The molecule has 4 fully saturated rings. The minimum Gasteiger partial charge on any atom is -0.351 e. The second kappa shape index (κ2) is 7.14. The predicted molar refractivity (Wildman–Crippen MR) is 129 cm³/mol. The summed E-state index contributed by atoms with van der Waals surface area (Å²) >= 11 is 0. The van der Waals surface area contributed by atoms with Crippen molar-refractivity contribution in [2.24, 2.45) is 11.3 Å². The van der Waals surface area contributed by atoms with Crippen LogP contribution in [0.5, 0.6) is 0 Å². The molecule has 1 spiro atoms. The van der Waals surface area contributed by atoms with E-state index in [1.165, 1.54) is 12.0 Å². The van der Waals surface area contributed by atoms with E-state index in [1.54, 1.807) is 18.6 Å². The fraction of sp³-hybridized carbons (Fsp3) is 0.577. The third kappa shape index (κ3) is 2.88. The van der Waals surface area contributed by atoms with Crippen molar-refractivity contribution in [1.82, 2.24) is 19.9 Å². The molecule has 0 N–H and O–H groups in total. The maximum Gasteiger partial charge on any atom is 0.228 e. The zero-order chi connectivity index (χ0) is 23.8. The summed E-state index contributed by atoms with van der Waals surface area (Å²) < 4.78 is 0. The summed E-state index contributed by atoms with van der Waals surface area (Å²) in [7, 11) is 1.97. The monoisotopic (exact) mass is 457 g/mol. The second-order valence-corrected chi connectivity index (χ2v) is 11.5. The molecule has 176 valence electrons. The van der Waals surface area contributed by atoms with Crippen molar-refractivity contribution in [2.45, 2.75) is 64.0 Å². The molecule has 2 aliphatic carbocycles. The highest BCUT2D eigenvalue weighted by molar-refractivity contribution is 5.82. The summed E-state index contributed by atoms with van der Waals surface area (Å²) in [5.41, 5.74) is 1.49. The first kappa shape index (κ1) is 21.3. The van der Waals surface area contributed by atoms with Crippen LogP contribution in [-0.4, -0.2) is 58.0 Å². The van der Waals surface area contributed by atoms with Crippen molar-refractivity contribution in [3.05, 3.63) is 35.8 Å². The summed E-state index contributed by atoms with van der Waals surface area (Å²) in [6.45, 7) is 7.73. The standard InChI is InChI=1S/C26H31N7O/c1-25(2,3)24(34)31(4)21-17-11-18(21)32(13-17)22-20-23(30-15-29-22)33(14-26(20)7-5-8-26)19-10-16(12-27)6-9-28-19/h6,9-10,15,17-18,21H,5,7-8,11,13-14H2,1-4H3/t17-,18-,21-/m1/s1. The molecule has 5 aliphatic rings. The maximum atomic E-state index is 13.0. The van der Waals surface area contributed by atoms with Gasteiger partial charge >= 0.3 is 0 Å². The van der Waals surface area contributed by atoms with Crippen molar-refractivity contribution in [2.75, 3.05) is 29.9 Å². The molecule has 7 rings (SSSR count). The third-order valence-electron chi connectivity index (χ3n) is 8.45. The lowest BCUT2D eigenvalue weighted by Crippen LogP contribution is -2.57. The summed E-state index contributed by atoms with van der Waals surface area (Å²) in [6.07, 6.45) is 7.90. The Labute approximate surface area is 200 Å². The number of nitriles is 1. The fourth-order valence-corrected chi connectivity index (χ4v) is 6.63. The Morgan fingerprint density at radius 2 is 2.00 bits per heavy atom. The van der Waals surface area contributed by atoms with Gasteiger partial charge in [-0.1, -0.05) is 27.2 Å². The first-order valence-electron chi connectivity index (χ1n) is 12.3. The predicted octanol–water partition coefficient (Wildman–Crippen LogP) is 3.40. The van der Waals surface area contributed by atoms with Gasteiger partial charge in [0, 0.05) is 48.6 Å². The van der Waals surface area contributed by atoms with Crippen LogP contribution in [-0.2, 0) is 10.2 Å². The van der Waals surface area contributed by atoms with E-state index in [-0.39, 0.29) is 22.8 Å². The van der Waals surface area contributed by atoms with E-state index in [0.717, 1.165) is 49.8 Å². The zero-order valence-corrected chi connectivity index (χ0v) is 20.3. The number of hydrogen-bond donors (Lipinski definition) is 0. The molecule has 2 saturated carbocycles. The van der Waals surface area contributed by atoms with E-state index in [2.05, 4.69) is 20.9 Å². The molecule has 3 atom stereocenters. The first-order valence-corrected chi connectivity index (χ1v) is 12.3. The Hall–Kier alpha value is -3.21. The smallest absolute Gasteiger partial charge is 0.228 e. The van der Waals surface area contributed by atoms with Crippen molar-refractivity contribution in [1.29, 1.82) is 5.26 Å². The summed E-state index contributed by atoms with van der Waals surface area (Å²) in [5.74, 6) is 3.41. The summed E-state index contributed by atoms with van der Waals surface area (Å²) in [5, 5.41) is 9.38. The van der Waals surface area contributed by atoms with E-state index in [1.807, 2.05) is 38.8 Å². The van der Waals surface area contributed by atoms with Gasteiger partial charge in [0.15, 0.2) is 0 Å². The molecule has 3 aliphatic heterocycles. The number of carbonyl (C=O) groups excluding carboxylic acids is 1. The molecule has 8 heteroatoms. The van der Waals surface area contributed by atoms with Gasteiger partial charge in [-0.05, 0) is 31.4 Å². The Bertz CT molecular complexity index is 1210. The molecule has 8 nitrogen and oxygen atoms in total. The second-order valence-electron chi connectivity index (χ2n) is 11.5. The zero-order valence-electron chi connectivity index (χ0n) is 20.3. The van der Waals surface area contributed by atoms with Gasteiger partial charge in [0.25, 0.3) is 0 Å². The largest absolute Gasteiger partial charge is 0.351 e. The number of anilines is 3. The minimum atomic E-state index is -0.383. The van der Waals surface area contributed by atoms with Gasteiger partial charge in [0.05, 0.1) is 23.7 Å². The van der Waals surface area contributed by atoms with Crippen molar-refractivity contribution < 1.29 is 4.79 Å². The van der Waals surface area contributed by atoms with Crippen LogP contribution in [0, 0.1) is 22.7 Å². The van der Waals surface area contributed by atoms with E-state index in [0.29, 0.717) is 17.5 Å². The van der Waals surface area contributed by atoms with Crippen LogP contribution >= 0.6 is 0 Å². The average molecular weight is 458 g/mol. The molecule has 0 aromatic carbocycles. The molecule has 2 aromatic heterocycles. The number of pyridine rings is 1. The molecule has 0 unspecified atom stereocenters. The lowest BCUT2D eigenvalue weighted by molar-refractivity contribution is -0.143. The number of aromatic nitrogens is 3. The highest BCUT2D eigenvalue weighted by atomic mass is 16.2. The third-order valence-corrected chi connectivity index (χ3v) is 8.45. The van der Waals surface area contributed by atoms with Crippen molar-refractivity contribution >= 4 is 23.4 Å². The number of hydrogen-bond acceptors (Lipinski definition) is 7. The lowest BCUT2D eigenvalue weighted by atomic mass is 9.66. The summed E-state index contributed by atoms with van der Waals surface area (Å²) in [4.78, 5) is 33.8. The lowest BCUT2D eigenvalue weighted by Gasteiger charge is -2.45. The van der Waals surface area contributed by atoms with Gasteiger partial charge < -0.3 is 14.7 Å². The van der Waals surface area contributed by atoms with Gasteiger partial charge in [-0.2, -0.15) is 5.26 Å². The van der Waals surface area contributed by atoms with Crippen LogP contribution in [0.1, 0.15) is 57.6 Å². The van der Waals surface area contributed by atoms with Crippen molar-refractivity contribution in [3.8, 4) is 6.07 Å². The highest BCUT2D eigenvalue weighted by Crippen LogP contribution is 2.58. The number of amides is 1. The highest BCUT2D eigenvalue weighted by Gasteiger charge is 2.58. The Morgan fingerprint density at radius 1 is 1.24 bits per heavy atom. The first-order chi connectivity index (χ1) is 16.2. The molecule has 34 heavy (non-hydrogen) atoms. The normalized spacial score (nSPS) is 26.0. The molecular formula is C26H31N7O. The Morgan fingerprint density at radius 3 is 2.68 bits per heavy atom. The van der Waals surface area contributed by atoms with Gasteiger partial charge in [-0.25, -0.2) is 15.0 Å². The van der Waals surface area contributed by atoms with Gasteiger partial charge in [-0.15, -0.1) is 0 Å². The Kier molecular flexibility index (Phi) is 4.48. The Balaban J connectivity index is 1.37. The van der Waals surface area contributed by atoms with E-state index >= 15 is 0 Å². The van der Waals surface area contributed by atoms with Crippen molar-refractivity contribution in [3.63, 3.8) is 0 Å². The van der Waals surface area contributed by atoms with E-state index in [4.69, 9.17) is 9.97 Å². The average Bonchev–Trinajstić information content (AvgIpc) is 3.47. The number of rotatable bonds is 3. The van der Waals surface area contributed by atoms with Crippen LogP contribution in [0.15, 0.2) is 24.7 Å². The number of nitrogens with zero attached hydrogens (tertiary/aromatic N) is 7. The topological polar surface area (TPSA) is 89.3 Å². The molecule has 1 amide bonds. The van der Waals surface area contributed by atoms with Crippen LogP contribution in [0.3, 0.4) is 0 Å². The number of fused-ring (bicyclic) bond motifs is 3. The molecular weight excluding hydrogens is 426 g/mol. The number of carbonyl (C=O) groups is 1. The molecule has 5 heterocycles. The van der Waals surface area contributed by atoms with Crippen LogP contribution in [0.4, 0.5) is 17.5 Å². The van der Waals surface area contributed by atoms with Gasteiger partial charge in [0.2, 0.25) is 5.91 Å². The van der Waals surface area contributed by atoms with Crippen LogP contribution in [0.25, 0.3) is 0 Å². The minimum absolute atomic E-state index is 0.0336. The SMILES string of the molecule is CN(C(=O)C(C)(C)C)[C@@H]1[C@@H]2C[C@H]1N(c1ncnc3c1C1(CCC1)CN3c1cc(C#N)ccn1)C2. The fourth-order valence-electron chi connectivity index (χ4n) is 6.63. The summed E-state index contributed by atoms with van der Waals surface area (Å²) in [6, 6.07) is 6.34.